The number of aryl methyl sites for hydroxylation is 3. The molecule has 1 fully saturated rings. The minimum absolute atomic E-state index is 0.0296. The van der Waals surface area contributed by atoms with Crippen LogP contribution >= 0.6 is 11.3 Å². The summed E-state index contributed by atoms with van der Waals surface area (Å²) in [7, 11) is 0. The molecule has 0 bridgehead atoms. The first-order valence-corrected chi connectivity index (χ1v) is 9.35. The molecule has 1 unspecified atom stereocenters. The Morgan fingerprint density at radius 3 is 3.00 bits per heavy atom. The molecule has 0 radical (unpaired) electrons. The molecule has 0 saturated carbocycles. The molecular weight excluding hydrogens is 322 g/mol. The molecule has 130 valence electrons. The lowest BCUT2D eigenvalue weighted by Gasteiger charge is -2.33. The van der Waals surface area contributed by atoms with Crippen LogP contribution < -0.4 is 0 Å². The molecule has 3 rings (SSSR count). The lowest BCUT2D eigenvalue weighted by Crippen LogP contribution is -2.47. The Morgan fingerprint density at radius 1 is 1.42 bits per heavy atom. The average molecular weight is 347 g/mol. The van der Waals surface area contributed by atoms with Crippen molar-refractivity contribution in [3.63, 3.8) is 0 Å². The fraction of sp³-hybridized carbons (Fsp3) is 0.556. The first-order valence-electron chi connectivity index (χ1n) is 8.54. The summed E-state index contributed by atoms with van der Waals surface area (Å²) in [4.78, 5) is 17.1. The van der Waals surface area contributed by atoms with Crippen LogP contribution in [0.4, 0.5) is 0 Å². The third-order valence-electron chi connectivity index (χ3n) is 4.25. The van der Waals surface area contributed by atoms with E-state index >= 15 is 0 Å². The molecule has 2 aromatic rings. The molecule has 6 heteroatoms. The lowest BCUT2D eigenvalue weighted by atomic mass is 10.2. The maximum atomic E-state index is 12.4. The van der Waals surface area contributed by atoms with E-state index in [-0.39, 0.29) is 12.0 Å². The van der Waals surface area contributed by atoms with E-state index in [0.29, 0.717) is 32.7 Å². The third kappa shape index (κ3) is 4.68. The molecule has 0 aliphatic carbocycles. The highest BCUT2D eigenvalue weighted by atomic mass is 32.1. The minimum atomic E-state index is 0.0296. The summed E-state index contributed by atoms with van der Waals surface area (Å²) in [5.41, 5.74) is 1.14. The molecule has 5 nitrogen and oxygen atoms in total. The van der Waals surface area contributed by atoms with Gasteiger partial charge in [-0.05, 0) is 44.4 Å². The van der Waals surface area contributed by atoms with Crippen LogP contribution in [-0.4, -0.2) is 46.4 Å². The molecule has 1 atom stereocenters. The monoisotopic (exact) mass is 347 g/mol. The number of rotatable bonds is 6. The van der Waals surface area contributed by atoms with Crippen molar-refractivity contribution in [1.82, 2.24) is 14.7 Å². The fourth-order valence-electron chi connectivity index (χ4n) is 3.02. The van der Waals surface area contributed by atoms with E-state index in [0.717, 1.165) is 18.4 Å². The van der Waals surface area contributed by atoms with Crippen LogP contribution in [0.3, 0.4) is 0 Å². The topological polar surface area (TPSA) is 47.4 Å². The second kappa shape index (κ2) is 7.94. The number of carbonyl (C=O) groups excluding carboxylic acids is 1. The molecule has 1 aliphatic heterocycles. The van der Waals surface area contributed by atoms with Gasteiger partial charge >= 0.3 is 0 Å². The molecule has 0 N–H and O–H groups in total. The van der Waals surface area contributed by atoms with Crippen molar-refractivity contribution in [2.24, 2.45) is 0 Å². The predicted molar refractivity (Wildman–Crippen MR) is 95.3 cm³/mol. The standard InChI is InChI=1S/C18H25N3O2S/c1-14-10-19-21(11-14)13-16-12-20(8-9-23-16)18(22)5-3-4-17-7-6-15(2)24-17/h6-7,10-11,16H,3-5,8-9,12-13H2,1-2H3. The summed E-state index contributed by atoms with van der Waals surface area (Å²) in [5.74, 6) is 0.244. The third-order valence-corrected chi connectivity index (χ3v) is 5.31. The average Bonchev–Trinajstić information content (AvgIpc) is 3.16. The number of thiophene rings is 1. The van der Waals surface area contributed by atoms with Crippen molar-refractivity contribution >= 4 is 17.2 Å². The number of hydrogen-bond acceptors (Lipinski definition) is 4. The summed E-state index contributed by atoms with van der Waals surface area (Å²) in [6.07, 6.45) is 6.40. The Bertz CT molecular complexity index is 679. The molecule has 0 spiro atoms. The van der Waals surface area contributed by atoms with Crippen LogP contribution in [-0.2, 0) is 22.5 Å². The maximum absolute atomic E-state index is 12.4. The van der Waals surface area contributed by atoms with E-state index in [1.54, 1.807) is 0 Å². The Morgan fingerprint density at radius 2 is 2.29 bits per heavy atom. The van der Waals surface area contributed by atoms with Crippen LogP contribution in [0.15, 0.2) is 24.5 Å². The van der Waals surface area contributed by atoms with Gasteiger partial charge < -0.3 is 9.64 Å². The SMILES string of the molecule is Cc1cnn(CC2CN(C(=O)CCCc3ccc(C)s3)CCO2)c1. The van der Waals surface area contributed by atoms with Gasteiger partial charge in [-0.1, -0.05) is 0 Å². The predicted octanol–water partition coefficient (Wildman–Crippen LogP) is 2.81. The molecule has 3 heterocycles. The fourth-order valence-corrected chi connectivity index (χ4v) is 3.96. The van der Waals surface area contributed by atoms with Gasteiger partial charge in [-0.2, -0.15) is 5.10 Å². The van der Waals surface area contributed by atoms with E-state index < -0.39 is 0 Å². The van der Waals surface area contributed by atoms with E-state index in [2.05, 4.69) is 24.2 Å². The summed E-state index contributed by atoms with van der Waals surface area (Å²) in [6.45, 7) is 6.82. The molecule has 2 aromatic heterocycles. The van der Waals surface area contributed by atoms with Crippen molar-refractivity contribution in [2.45, 2.75) is 45.8 Å². The molecule has 0 aromatic carbocycles. The first kappa shape index (κ1) is 17.2. The summed E-state index contributed by atoms with van der Waals surface area (Å²) >= 11 is 1.82. The van der Waals surface area contributed by atoms with E-state index in [9.17, 15) is 4.79 Å². The van der Waals surface area contributed by atoms with Gasteiger partial charge in [0.15, 0.2) is 0 Å². The zero-order valence-corrected chi connectivity index (χ0v) is 15.2. The van der Waals surface area contributed by atoms with Gasteiger partial charge in [0.25, 0.3) is 0 Å². The van der Waals surface area contributed by atoms with E-state index in [1.807, 2.05) is 40.2 Å². The van der Waals surface area contributed by atoms with Crippen molar-refractivity contribution < 1.29 is 9.53 Å². The summed E-state index contributed by atoms with van der Waals surface area (Å²) < 4.78 is 7.69. The number of aromatic nitrogens is 2. The normalized spacial score (nSPS) is 18.1. The first-order chi connectivity index (χ1) is 11.6. The second-order valence-corrected chi connectivity index (χ2v) is 7.81. The van der Waals surface area contributed by atoms with Gasteiger partial charge in [0.1, 0.15) is 0 Å². The molecular formula is C18H25N3O2S. The van der Waals surface area contributed by atoms with Crippen LogP contribution in [0.1, 0.15) is 28.2 Å². The second-order valence-electron chi connectivity index (χ2n) is 6.44. The Hall–Kier alpha value is -1.66. The highest BCUT2D eigenvalue weighted by Crippen LogP contribution is 2.18. The van der Waals surface area contributed by atoms with Gasteiger partial charge in [0, 0.05) is 35.5 Å². The molecule has 1 saturated heterocycles. The maximum Gasteiger partial charge on any atom is 0.222 e. The van der Waals surface area contributed by atoms with E-state index in [4.69, 9.17) is 4.74 Å². The van der Waals surface area contributed by atoms with Crippen molar-refractivity contribution in [1.29, 1.82) is 0 Å². The minimum Gasteiger partial charge on any atom is -0.373 e. The van der Waals surface area contributed by atoms with Crippen LogP contribution in [0.5, 0.6) is 0 Å². The lowest BCUT2D eigenvalue weighted by molar-refractivity contribution is -0.139. The molecule has 1 amide bonds. The zero-order chi connectivity index (χ0) is 16.9. The number of carbonyl (C=O) groups is 1. The number of nitrogens with zero attached hydrogens (tertiary/aromatic N) is 3. The highest BCUT2D eigenvalue weighted by Gasteiger charge is 2.24. The Labute approximate surface area is 147 Å². The van der Waals surface area contributed by atoms with Gasteiger partial charge in [0.2, 0.25) is 5.91 Å². The number of ether oxygens (including phenoxy) is 1. The molecule has 24 heavy (non-hydrogen) atoms. The van der Waals surface area contributed by atoms with Crippen LogP contribution in [0, 0.1) is 13.8 Å². The van der Waals surface area contributed by atoms with Crippen molar-refractivity contribution in [3.05, 3.63) is 39.8 Å². The van der Waals surface area contributed by atoms with Gasteiger partial charge in [-0.15, -0.1) is 11.3 Å². The molecule has 1 aliphatic rings. The smallest absolute Gasteiger partial charge is 0.222 e. The summed E-state index contributed by atoms with van der Waals surface area (Å²) in [6, 6.07) is 4.31. The van der Waals surface area contributed by atoms with Gasteiger partial charge in [0.05, 0.1) is 25.5 Å². The summed E-state index contributed by atoms with van der Waals surface area (Å²) in [5, 5.41) is 4.30. The van der Waals surface area contributed by atoms with Crippen LogP contribution in [0.25, 0.3) is 0 Å². The van der Waals surface area contributed by atoms with Crippen molar-refractivity contribution in [2.75, 3.05) is 19.7 Å². The van der Waals surface area contributed by atoms with Crippen molar-refractivity contribution in [3.8, 4) is 0 Å². The number of amides is 1. The Balaban J connectivity index is 1.44. The highest BCUT2D eigenvalue weighted by molar-refractivity contribution is 7.11. The largest absolute Gasteiger partial charge is 0.373 e. The Kier molecular flexibility index (Phi) is 5.68. The number of morpholine rings is 1. The van der Waals surface area contributed by atoms with Crippen LogP contribution in [0.2, 0.25) is 0 Å². The van der Waals surface area contributed by atoms with Gasteiger partial charge in [-0.3, -0.25) is 9.48 Å². The van der Waals surface area contributed by atoms with E-state index in [1.165, 1.54) is 9.75 Å². The van der Waals surface area contributed by atoms with Gasteiger partial charge in [-0.25, -0.2) is 0 Å². The quantitative estimate of drug-likeness (QED) is 0.807. The number of hydrogen-bond donors (Lipinski definition) is 0. The zero-order valence-electron chi connectivity index (χ0n) is 14.4.